The number of fused-ring (bicyclic) bond motifs is 1. The number of H-pyrrole nitrogens is 1. The predicted molar refractivity (Wildman–Crippen MR) is 68.9 cm³/mol. The van der Waals surface area contributed by atoms with E-state index >= 15 is 0 Å². The molecule has 1 unspecified atom stereocenters. The quantitative estimate of drug-likeness (QED) is 0.794. The van der Waals surface area contributed by atoms with Gasteiger partial charge in [0.2, 0.25) is 0 Å². The van der Waals surface area contributed by atoms with Gasteiger partial charge < -0.3 is 9.88 Å². The molecular formula is C14H17FN2. The molecule has 3 heteroatoms. The van der Waals surface area contributed by atoms with E-state index in [4.69, 9.17) is 0 Å². The molecule has 2 heterocycles. The number of hydrogen-bond acceptors (Lipinski definition) is 1. The van der Waals surface area contributed by atoms with Crippen LogP contribution in [0.15, 0.2) is 24.4 Å². The summed E-state index contributed by atoms with van der Waals surface area (Å²) in [4.78, 5) is 5.60. The second-order valence-electron chi connectivity index (χ2n) is 4.90. The Balaban J connectivity index is 2.05. The molecule has 0 radical (unpaired) electrons. The van der Waals surface area contributed by atoms with Crippen molar-refractivity contribution in [2.75, 3.05) is 11.4 Å². The highest BCUT2D eigenvalue weighted by Crippen LogP contribution is 2.31. The van der Waals surface area contributed by atoms with Gasteiger partial charge in [-0.15, -0.1) is 0 Å². The summed E-state index contributed by atoms with van der Waals surface area (Å²) >= 11 is 0. The van der Waals surface area contributed by atoms with Crippen LogP contribution in [0.2, 0.25) is 0 Å². The lowest BCUT2D eigenvalue weighted by molar-refractivity contribution is 0.486. The van der Waals surface area contributed by atoms with Gasteiger partial charge in [0.25, 0.3) is 0 Å². The topological polar surface area (TPSA) is 19.0 Å². The van der Waals surface area contributed by atoms with Crippen LogP contribution in [0.1, 0.15) is 26.2 Å². The summed E-state index contributed by atoms with van der Waals surface area (Å²) in [7, 11) is 0. The minimum Gasteiger partial charge on any atom is -0.367 e. The zero-order chi connectivity index (χ0) is 11.8. The molecule has 0 aliphatic carbocycles. The van der Waals surface area contributed by atoms with Crippen molar-refractivity contribution in [2.45, 2.75) is 32.2 Å². The molecule has 0 saturated carbocycles. The predicted octanol–water partition coefficient (Wildman–Crippen LogP) is 3.69. The lowest BCUT2D eigenvalue weighted by Gasteiger charge is -2.34. The molecule has 0 bridgehead atoms. The SMILES string of the molecule is CC1CCCCN1c1c[nH]c2cc(F)ccc12. The van der Waals surface area contributed by atoms with Gasteiger partial charge in [0.05, 0.1) is 11.2 Å². The maximum atomic E-state index is 13.1. The van der Waals surface area contributed by atoms with Crippen molar-refractivity contribution in [3.8, 4) is 0 Å². The van der Waals surface area contributed by atoms with Crippen LogP contribution in [0, 0.1) is 5.82 Å². The van der Waals surface area contributed by atoms with Crippen LogP contribution in [-0.4, -0.2) is 17.6 Å². The van der Waals surface area contributed by atoms with E-state index in [2.05, 4.69) is 16.8 Å². The average molecular weight is 232 g/mol. The molecule has 1 aromatic carbocycles. The summed E-state index contributed by atoms with van der Waals surface area (Å²) in [5, 5.41) is 1.13. The Morgan fingerprint density at radius 3 is 3.06 bits per heavy atom. The number of nitrogens with zero attached hydrogens (tertiary/aromatic N) is 1. The van der Waals surface area contributed by atoms with Crippen molar-refractivity contribution in [3.63, 3.8) is 0 Å². The van der Waals surface area contributed by atoms with Crippen molar-refractivity contribution in [1.29, 1.82) is 0 Å². The number of anilines is 1. The number of rotatable bonds is 1. The number of aromatic amines is 1. The van der Waals surface area contributed by atoms with Crippen LogP contribution in [0.3, 0.4) is 0 Å². The Kier molecular flexibility index (Phi) is 2.54. The first kappa shape index (κ1) is 10.6. The van der Waals surface area contributed by atoms with Crippen LogP contribution in [0.4, 0.5) is 10.1 Å². The molecule has 2 nitrogen and oxygen atoms in total. The minimum atomic E-state index is -0.183. The van der Waals surface area contributed by atoms with Gasteiger partial charge in [-0.05, 0) is 44.4 Å². The zero-order valence-electron chi connectivity index (χ0n) is 10.0. The number of benzene rings is 1. The number of piperidine rings is 1. The molecule has 90 valence electrons. The van der Waals surface area contributed by atoms with Crippen LogP contribution in [0.5, 0.6) is 0 Å². The normalized spacial score (nSPS) is 21.1. The van der Waals surface area contributed by atoms with Crippen molar-refractivity contribution in [2.24, 2.45) is 0 Å². The summed E-state index contributed by atoms with van der Waals surface area (Å²) in [5.41, 5.74) is 2.10. The molecule has 1 atom stereocenters. The summed E-state index contributed by atoms with van der Waals surface area (Å²) in [6, 6.07) is 5.55. The molecule has 1 saturated heterocycles. The fourth-order valence-corrected chi connectivity index (χ4v) is 2.78. The van der Waals surface area contributed by atoms with Gasteiger partial charge in [-0.25, -0.2) is 4.39 Å². The standard InChI is InChI=1S/C14H17FN2/c1-10-4-2-3-7-17(10)14-9-16-13-8-11(15)5-6-12(13)14/h5-6,8-10,16H,2-4,7H2,1H3. The number of aromatic nitrogens is 1. The molecule has 2 aromatic rings. The van der Waals surface area contributed by atoms with E-state index in [9.17, 15) is 4.39 Å². The molecule has 0 spiro atoms. The molecule has 0 amide bonds. The Hall–Kier alpha value is -1.51. The van der Waals surface area contributed by atoms with E-state index < -0.39 is 0 Å². The van der Waals surface area contributed by atoms with Gasteiger partial charge in [-0.3, -0.25) is 0 Å². The molecular weight excluding hydrogens is 215 g/mol. The van der Waals surface area contributed by atoms with Gasteiger partial charge in [0.1, 0.15) is 5.82 Å². The van der Waals surface area contributed by atoms with Gasteiger partial charge in [0.15, 0.2) is 0 Å². The first-order valence-corrected chi connectivity index (χ1v) is 6.29. The van der Waals surface area contributed by atoms with Crippen LogP contribution >= 0.6 is 0 Å². The first-order chi connectivity index (χ1) is 8.25. The summed E-state index contributed by atoms with van der Waals surface area (Å²) in [6.45, 7) is 3.37. The van der Waals surface area contributed by atoms with Crippen LogP contribution in [-0.2, 0) is 0 Å². The second kappa shape index (κ2) is 4.06. The lowest BCUT2D eigenvalue weighted by Crippen LogP contribution is -2.37. The highest BCUT2D eigenvalue weighted by Gasteiger charge is 2.20. The minimum absolute atomic E-state index is 0.183. The van der Waals surface area contributed by atoms with Crippen molar-refractivity contribution in [1.82, 2.24) is 4.98 Å². The average Bonchev–Trinajstić information content (AvgIpc) is 2.72. The van der Waals surface area contributed by atoms with Crippen molar-refractivity contribution >= 4 is 16.6 Å². The van der Waals surface area contributed by atoms with Crippen LogP contribution < -0.4 is 4.90 Å². The maximum absolute atomic E-state index is 13.1. The van der Waals surface area contributed by atoms with E-state index in [1.807, 2.05) is 12.3 Å². The van der Waals surface area contributed by atoms with Gasteiger partial charge in [-0.1, -0.05) is 0 Å². The highest BCUT2D eigenvalue weighted by molar-refractivity contribution is 5.93. The van der Waals surface area contributed by atoms with E-state index in [0.717, 1.165) is 17.4 Å². The smallest absolute Gasteiger partial charge is 0.125 e. The Morgan fingerprint density at radius 1 is 1.35 bits per heavy atom. The number of halogens is 1. The molecule has 1 fully saturated rings. The van der Waals surface area contributed by atoms with E-state index in [1.165, 1.54) is 31.0 Å². The molecule has 1 aliphatic heterocycles. The fraction of sp³-hybridized carbons (Fsp3) is 0.429. The Bertz CT molecular complexity index is 532. The third-order valence-corrected chi connectivity index (χ3v) is 3.73. The van der Waals surface area contributed by atoms with Crippen molar-refractivity contribution < 1.29 is 4.39 Å². The summed E-state index contributed by atoms with van der Waals surface area (Å²) in [5.74, 6) is -0.183. The van der Waals surface area contributed by atoms with E-state index in [-0.39, 0.29) is 5.82 Å². The number of hydrogen-bond donors (Lipinski definition) is 1. The highest BCUT2D eigenvalue weighted by atomic mass is 19.1. The molecule has 3 rings (SSSR count). The third kappa shape index (κ3) is 1.79. The monoisotopic (exact) mass is 232 g/mol. The Morgan fingerprint density at radius 2 is 2.24 bits per heavy atom. The number of nitrogens with one attached hydrogen (secondary N) is 1. The molecule has 1 aromatic heterocycles. The van der Waals surface area contributed by atoms with Gasteiger partial charge in [0, 0.05) is 24.2 Å². The lowest BCUT2D eigenvalue weighted by atomic mass is 10.0. The molecule has 1 N–H and O–H groups in total. The van der Waals surface area contributed by atoms with Crippen molar-refractivity contribution in [3.05, 3.63) is 30.2 Å². The summed E-state index contributed by atoms with van der Waals surface area (Å²) in [6.07, 6.45) is 5.81. The third-order valence-electron chi connectivity index (χ3n) is 3.73. The van der Waals surface area contributed by atoms with E-state index in [1.54, 1.807) is 6.07 Å². The Labute approximate surface area is 100 Å². The van der Waals surface area contributed by atoms with E-state index in [0.29, 0.717) is 6.04 Å². The zero-order valence-corrected chi connectivity index (χ0v) is 10.0. The van der Waals surface area contributed by atoms with Gasteiger partial charge >= 0.3 is 0 Å². The van der Waals surface area contributed by atoms with Gasteiger partial charge in [-0.2, -0.15) is 0 Å². The fourth-order valence-electron chi connectivity index (χ4n) is 2.78. The largest absolute Gasteiger partial charge is 0.367 e. The molecule has 1 aliphatic rings. The maximum Gasteiger partial charge on any atom is 0.125 e. The van der Waals surface area contributed by atoms with Crippen LogP contribution in [0.25, 0.3) is 10.9 Å². The summed E-state index contributed by atoms with van der Waals surface area (Å²) < 4.78 is 13.1. The second-order valence-corrected chi connectivity index (χ2v) is 4.90. The first-order valence-electron chi connectivity index (χ1n) is 6.29. The molecule has 17 heavy (non-hydrogen) atoms.